The van der Waals surface area contributed by atoms with Crippen LogP contribution in [0.3, 0.4) is 0 Å². The monoisotopic (exact) mass is 779 g/mol. The van der Waals surface area contributed by atoms with E-state index in [2.05, 4.69) is 26.9 Å². The number of sulfonamides is 1. The van der Waals surface area contributed by atoms with Crippen molar-refractivity contribution < 1.29 is 37.1 Å². The number of fused-ring (bicyclic) bond motifs is 1. The van der Waals surface area contributed by atoms with Gasteiger partial charge in [-0.25, -0.2) is 13.4 Å². The number of carbonyl (C=O) groups excluding carboxylic acids is 4. The number of rotatable bonds is 14. The highest BCUT2D eigenvalue weighted by Gasteiger charge is 2.62. The zero-order valence-electron chi connectivity index (χ0n) is 30.8. The summed E-state index contributed by atoms with van der Waals surface area (Å²) in [4.78, 5) is 61.9. The highest BCUT2D eigenvalue weighted by molar-refractivity contribution is 7.91. The Bertz CT molecular complexity index is 2070. The fourth-order valence-electron chi connectivity index (χ4n) is 6.94. The van der Waals surface area contributed by atoms with Gasteiger partial charge in [0, 0.05) is 35.9 Å². The van der Waals surface area contributed by atoms with Gasteiger partial charge >= 0.3 is 0 Å². The largest absolute Gasteiger partial charge is 0.488 e. The third-order valence-corrected chi connectivity index (χ3v) is 12.3. The number of nitrogens with one attached hydrogen (secondary N) is 3. The summed E-state index contributed by atoms with van der Waals surface area (Å²) in [5, 5.41) is 6.00. The molecule has 3 aromatic rings. The number of carbonyl (C=O) groups is 4. The number of halogens is 1. The van der Waals surface area contributed by atoms with Crippen molar-refractivity contribution in [2.75, 3.05) is 18.5 Å². The Hall–Kier alpha value is -4.69. The molecule has 2 aromatic carbocycles. The minimum Gasteiger partial charge on any atom is -0.488 e. The van der Waals surface area contributed by atoms with E-state index in [1.807, 2.05) is 33.8 Å². The summed E-state index contributed by atoms with van der Waals surface area (Å²) in [7, 11) is -3.91. The molecule has 3 fully saturated rings. The van der Waals surface area contributed by atoms with Gasteiger partial charge < -0.3 is 25.0 Å². The number of hydrogen-bond acceptors (Lipinski definition) is 9. The first-order valence-corrected chi connectivity index (χ1v) is 20.0. The van der Waals surface area contributed by atoms with Crippen LogP contribution < -0.4 is 24.8 Å². The van der Waals surface area contributed by atoms with Gasteiger partial charge in [-0.3, -0.25) is 23.9 Å². The van der Waals surface area contributed by atoms with Gasteiger partial charge in [-0.15, -0.1) is 6.58 Å². The number of anilines is 1. The van der Waals surface area contributed by atoms with Gasteiger partial charge in [0.2, 0.25) is 33.6 Å². The standard InChI is InChI=1S/C39H46ClN5O8S/c1-6-23-21-39(23,37(49)44-54(50,51)26-16-17-26)43-35(47)30-18-25(53-31-20-33(52-7-2)42-34-27(31)14-11-15-29(34)40)22-45(30)36(48)28(38(3,4)5)19-32(46)41-24-12-9-8-10-13-24/h6,8-15,20,23,25-26,28,30H,1,7,16-19,21-22H2,2-5H3,(H,41,46)(H,43,47)(H,44,49)/t23-,25-,28-,30+,39-/m1/s1. The molecule has 2 heterocycles. The molecule has 2 saturated carbocycles. The minimum atomic E-state index is -3.91. The van der Waals surface area contributed by atoms with Crippen molar-refractivity contribution in [1.82, 2.24) is 19.9 Å². The van der Waals surface area contributed by atoms with Crippen LogP contribution in [0.15, 0.2) is 67.3 Å². The van der Waals surface area contributed by atoms with E-state index in [1.165, 1.54) is 11.0 Å². The number of amides is 4. The third kappa shape index (κ3) is 8.34. The van der Waals surface area contributed by atoms with Crippen molar-refractivity contribution in [2.45, 2.75) is 82.7 Å². The van der Waals surface area contributed by atoms with Gasteiger partial charge in [-0.1, -0.05) is 62.7 Å². The molecule has 6 rings (SSSR count). The van der Waals surface area contributed by atoms with E-state index >= 15 is 0 Å². The zero-order chi connectivity index (χ0) is 39.0. The van der Waals surface area contributed by atoms with Gasteiger partial charge in [0.15, 0.2) is 0 Å². The minimum absolute atomic E-state index is 0.0236. The van der Waals surface area contributed by atoms with E-state index in [0.717, 1.165) is 0 Å². The molecular weight excluding hydrogens is 734 g/mol. The molecular formula is C39H46ClN5O8S. The van der Waals surface area contributed by atoms with E-state index in [0.29, 0.717) is 46.8 Å². The van der Waals surface area contributed by atoms with Crippen LogP contribution in [-0.4, -0.2) is 78.0 Å². The summed E-state index contributed by atoms with van der Waals surface area (Å²) in [5.74, 6) is -3.03. The van der Waals surface area contributed by atoms with Crippen molar-refractivity contribution in [1.29, 1.82) is 0 Å². The molecule has 0 unspecified atom stereocenters. The summed E-state index contributed by atoms with van der Waals surface area (Å²) < 4.78 is 39.9. The summed E-state index contributed by atoms with van der Waals surface area (Å²) in [5.41, 5.74) is -1.23. The van der Waals surface area contributed by atoms with Crippen molar-refractivity contribution in [3.05, 3.63) is 72.3 Å². The van der Waals surface area contributed by atoms with Crippen LogP contribution in [0.1, 0.15) is 59.8 Å². The Morgan fingerprint density at radius 3 is 2.46 bits per heavy atom. The van der Waals surface area contributed by atoms with Crippen molar-refractivity contribution >= 4 is 61.8 Å². The van der Waals surface area contributed by atoms with Gasteiger partial charge in [-0.2, -0.15) is 0 Å². The molecule has 0 radical (unpaired) electrons. The highest BCUT2D eigenvalue weighted by atomic mass is 35.5. The van der Waals surface area contributed by atoms with Gasteiger partial charge in [0.05, 0.1) is 34.9 Å². The van der Waals surface area contributed by atoms with Crippen LogP contribution in [-0.2, 0) is 29.2 Å². The Morgan fingerprint density at radius 1 is 1.11 bits per heavy atom. The third-order valence-electron chi connectivity index (χ3n) is 10.2. The lowest BCUT2D eigenvalue weighted by Gasteiger charge is -2.35. The lowest BCUT2D eigenvalue weighted by molar-refractivity contribution is -0.146. The second-order valence-electron chi connectivity index (χ2n) is 15.2. The van der Waals surface area contributed by atoms with Gasteiger partial charge in [0.25, 0.3) is 5.91 Å². The average molecular weight is 780 g/mol. The van der Waals surface area contributed by atoms with Crippen LogP contribution in [0.4, 0.5) is 5.69 Å². The molecule has 2 aliphatic carbocycles. The topological polar surface area (TPSA) is 173 Å². The molecule has 54 heavy (non-hydrogen) atoms. The van der Waals surface area contributed by atoms with E-state index in [4.69, 9.17) is 21.1 Å². The number of ether oxygens (including phenoxy) is 2. The predicted molar refractivity (Wildman–Crippen MR) is 204 cm³/mol. The molecule has 1 aromatic heterocycles. The molecule has 1 aliphatic heterocycles. The van der Waals surface area contributed by atoms with E-state index < -0.39 is 67.9 Å². The molecule has 4 amide bonds. The smallest absolute Gasteiger partial charge is 0.259 e. The number of nitrogens with zero attached hydrogens (tertiary/aromatic N) is 2. The second-order valence-corrected chi connectivity index (χ2v) is 17.6. The molecule has 288 valence electrons. The van der Waals surface area contributed by atoms with E-state index in [-0.39, 0.29) is 37.6 Å². The molecule has 13 nitrogen and oxygen atoms in total. The zero-order valence-corrected chi connectivity index (χ0v) is 32.3. The first-order chi connectivity index (χ1) is 25.6. The van der Waals surface area contributed by atoms with Crippen LogP contribution in [0.25, 0.3) is 10.9 Å². The maximum absolute atomic E-state index is 14.7. The number of aromatic nitrogens is 1. The van der Waals surface area contributed by atoms with Gasteiger partial charge in [-0.05, 0) is 55.9 Å². The van der Waals surface area contributed by atoms with Crippen LogP contribution in [0.2, 0.25) is 5.02 Å². The number of para-hydroxylation sites is 2. The molecule has 0 spiro atoms. The normalized spacial score (nSPS) is 22.9. The fourth-order valence-corrected chi connectivity index (χ4v) is 8.52. The maximum Gasteiger partial charge on any atom is 0.259 e. The lowest BCUT2D eigenvalue weighted by atomic mass is 9.77. The van der Waals surface area contributed by atoms with Crippen LogP contribution in [0, 0.1) is 17.3 Å². The number of likely N-dealkylation sites (tertiary alicyclic amines) is 1. The molecule has 5 atom stereocenters. The molecule has 15 heteroatoms. The lowest BCUT2D eigenvalue weighted by Crippen LogP contribution is -2.57. The first kappa shape index (κ1) is 39.0. The van der Waals surface area contributed by atoms with Crippen LogP contribution >= 0.6 is 11.6 Å². The molecule has 0 bridgehead atoms. The summed E-state index contributed by atoms with van der Waals surface area (Å²) in [6.45, 7) is 11.5. The van der Waals surface area contributed by atoms with Crippen molar-refractivity contribution in [3.63, 3.8) is 0 Å². The predicted octanol–water partition coefficient (Wildman–Crippen LogP) is 5.00. The first-order valence-electron chi connectivity index (χ1n) is 18.1. The number of pyridine rings is 1. The fraction of sp³-hybridized carbons (Fsp3) is 0.462. The van der Waals surface area contributed by atoms with E-state index in [1.54, 1.807) is 48.5 Å². The summed E-state index contributed by atoms with van der Waals surface area (Å²) in [6, 6.07) is 14.6. The average Bonchev–Trinajstić information content (AvgIpc) is 4.04. The highest BCUT2D eigenvalue weighted by Crippen LogP contribution is 2.46. The Kier molecular flexibility index (Phi) is 11.0. The van der Waals surface area contributed by atoms with E-state index in [9.17, 15) is 27.6 Å². The maximum atomic E-state index is 14.7. The number of benzene rings is 2. The van der Waals surface area contributed by atoms with Crippen molar-refractivity contribution in [3.8, 4) is 11.6 Å². The molecule has 1 saturated heterocycles. The Morgan fingerprint density at radius 2 is 1.83 bits per heavy atom. The second kappa shape index (κ2) is 15.2. The summed E-state index contributed by atoms with van der Waals surface area (Å²) >= 11 is 6.51. The Balaban J connectivity index is 1.31. The quantitative estimate of drug-likeness (QED) is 0.191. The van der Waals surface area contributed by atoms with Gasteiger partial charge in [0.1, 0.15) is 23.4 Å². The number of hydrogen-bond donors (Lipinski definition) is 3. The van der Waals surface area contributed by atoms with Crippen LogP contribution in [0.5, 0.6) is 11.6 Å². The SMILES string of the molecule is C=C[C@@H]1C[C@]1(NC(=O)[C@@H]1C[C@@H](Oc2cc(OCC)nc3c(Cl)cccc23)CN1C(=O)[C@@H](CC(=O)Nc1ccccc1)C(C)(C)C)C(=O)NS(=O)(=O)C1CC1. The van der Waals surface area contributed by atoms with Crippen molar-refractivity contribution in [2.24, 2.45) is 17.3 Å². The Labute approximate surface area is 320 Å². The summed E-state index contributed by atoms with van der Waals surface area (Å²) in [6.07, 6.45) is 1.69. The molecule has 3 N–H and O–H groups in total. The molecule has 3 aliphatic rings.